The number of oxazole rings is 1. The van der Waals surface area contributed by atoms with Crippen LogP contribution in [0.3, 0.4) is 0 Å². The molecular weight excluding hydrogens is 586 g/mol. The molecule has 0 aromatic carbocycles. The number of rotatable bonds is 11. The van der Waals surface area contributed by atoms with Gasteiger partial charge in [-0.2, -0.15) is 0 Å². The molecule has 1 aliphatic carbocycles. The highest BCUT2D eigenvalue weighted by Crippen LogP contribution is 2.36. The van der Waals surface area contributed by atoms with E-state index in [1.165, 1.54) is 23.6 Å². The highest BCUT2D eigenvalue weighted by molar-refractivity contribution is 6.30. The van der Waals surface area contributed by atoms with Crippen molar-refractivity contribution in [3.05, 3.63) is 41.7 Å². The van der Waals surface area contributed by atoms with E-state index in [1.807, 2.05) is 41.5 Å². The number of hydrogen-bond donors (Lipinski definition) is 2. The molecular formula is C32H44ClN5O6. The number of Topliss-reactive ketones (excluding diaryl/α,β-unsaturated/α-hetero) is 2. The van der Waals surface area contributed by atoms with Crippen molar-refractivity contribution in [2.75, 3.05) is 6.54 Å². The van der Waals surface area contributed by atoms with Crippen molar-refractivity contribution in [3.8, 4) is 5.88 Å². The largest absolute Gasteiger partial charge is 0.472 e. The quantitative estimate of drug-likeness (QED) is 0.322. The summed E-state index contributed by atoms with van der Waals surface area (Å²) in [6, 6.07) is 0.995. The second-order valence-electron chi connectivity index (χ2n) is 14.0. The maximum Gasteiger partial charge on any atom is 0.315 e. The molecule has 3 heterocycles. The molecule has 0 spiro atoms. The normalized spacial score (nSPS) is 20.4. The van der Waals surface area contributed by atoms with Crippen LogP contribution in [0.5, 0.6) is 5.88 Å². The zero-order chi connectivity index (χ0) is 32.2. The SMILES string of the molecule is CC(C)(C)NC(=O)N[C@H](C(=O)N1C[C@H](Oc2ccc(Cl)cn2)C[C@H]1C(=O)CC(CC1CCC1)C(=O)c1ncco1)C(C)(C)C. The topological polar surface area (TPSA) is 144 Å². The fraction of sp³-hybridized carbons (Fsp3) is 0.625. The summed E-state index contributed by atoms with van der Waals surface area (Å²) in [7, 11) is 0. The lowest BCUT2D eigenvalue weighted by atomic mass is 9.76. The van der Waals surface area contributed by atoms with Crippen LogP contribution in [0.25, 0.3) is 0 Å². The van der Waals surface area contributed by atoms with Crippen LogP contribution in [-0.4, -0.2) is 68.6 Å². The highest BCUT2D eigenvalue weighted by Gasteiger charge is 2.46. The van der Waals surface area contributed by atoms with Gasteiger partial charge in [0.25, 0.3) is 5.89 Å². The van der Waals surface area contributed by atoms with Gasteiger partial charge in [-0.3, -0.25) is 14.4 Å². The molecule has 2 N–H and O–H groups in total. The molecule has 3 amide bonds. The lowest BCUT2D eigenvalue weighted by Gasteiger charge is -2.36. The first-order valence-electron chi connectivity index (χ1n) is 15.2. The van der Waals surface area contributed by atoms with Gasteiger partial charge in [-0.25, -0.2) is 14.8 Å². The first-order chi connectivity index (χ1) is 20.6. The predicted octanol–water partition coefficient (Wildman–Crippen LogP) is 5.23. The van der Waals surface area contributed by atoms with E-state index in [4.69, 9.17) is 20.8 Å². The average Bonchev–Trinajstić information content (AvgIpc) is 3.58. The molecule has 2 aliphatic rings. The number of ketones is 2. The van der Waals surface area contributed by atoms with Gasteiger partial charge in [-0.05, 0) is 44.6 Å². The van der Waals surface area contributed by atoms with Crippen molar-refractivity contribution in [1.82, 2.24) is 25.5 Å². The van der Waals surface area contributed by atoms with Crippen molar-refractivity contribution >= 4 is 35.1 Å². The van der Waals surface area contributed by atoms with Gasteiger partial charge < -0.3 is 24.7 Å². The number of carbonyl (C=O) groups excluding carboxylic acids is 4. The summed E-state index contributed by atoms with van der Waals surface area (Å²) >= 11 is 5.98. The molecule has 4 atom stereocenters. The first-order valence-corrected chi connectivity index (χ1v) is 15.6. The summed E-state index contributed by atoms with van der Waals surface area (Å²) in [6.45, 7) is 11.2. The number of aromatic nitrogens is 2. The zero-order valence-electron chi connectivity index (χ0n) is 26.4. The minimum absolute atomic E-state index is 0.0154. The van der Waals surface area contributed by atoms with Crippen LogP contribution in [0.15, 0.2) is 35.2 Å². The minimum atomic E-state index is -0.938. The number of likely N-dealkylation sites (tertiary alicyclic amines) is 1. The summed E-state index contributed by atoms with van der Waals surface area (Å²) in [5, 5.41) is 6.14. The van der Waals surface area contributed by atoms with E-state index in [1.54, 1.807) is 12.1 Å². The van der Waals surface area contributed by atoms with Gasteiger partial charge >= 0.3 is 6.03 Å². The highest BCUT2D eigenvalue weighted by atomic mass is 35.5. The third-order valence-electron chi connectivity index (χ3n) is 8.09. The number of hydrogen-bond acceptors (Lipinski definition) is 8. The van der Waals surface area contributed by atoms with Gasteiger partial charge in [0.1, 0.15) is 18.4 Å². The Hall–Kier alpha value is -3.47. The summed E-state index contributed by atoms with van der Waals surface area (Å²) < 4.78 is 11.4. The number of pyridine rings is 1. The van der Waals surface area contributed by atoms with Crippen molar-refractivity contribution in [1.29, 1.82) is 0 Å². The lowest BCUT2D eigenvalue weighted by molar-refractivity contribution is -0.141. The van der Waals surface area contributed by atoms with Crippen LogP contribution in [0.4, 0.5) is 4.79 Å². The molecule has 1 saturated carbocycles. The van der Waals surface area contributed by atoms with E-state index < -0.39 is 47.0 Å². The number of nitrogens with zero attached hydrogens (tertiary/aromatic N) is 3. The van der Waals surface area contributed by atoms with Crippen molar-refractivity contribution in [2.24, 2.45) is 17.3 Å². The number of nitrogens with one attached hydrogen (secondary N) is 2. The van der Waals surface area contributed by atoms with Crippen LogP contribution >= 0.6 is 11.6 Å². The number of halogens is 1. The summed E-state index contributed by atoms with van der Waals surface area (Å²) in [5.74, 6) is -0.909. The number of carbonyl (C=O) groups is 4. The molecule has 44 heavy (non-hydrogen) atoms. The van der Waals surface area contributed by atoms with Crippen molar-refractivity contribution < 1.29 is 28.3 Å². The van der Waals surface area contributed by atoms with Crippen LogP contribution < -0.4 is 15.4 Å². The third kappa shape index (κ3) is 8.80. The van der Waals surface area contributed by atoms with Gasteiger partial charge in [0.05, 0.1) is 23.8 Å². The molecule has 0 radical (unpaired) electrons. The number of urea groups is 1. The van der Waals surface area contributed by atoms with E-state index in [-0.39, 0.29) is 36.8 Å². The van der Waals surface area contributed by atoms with E-state index in [0.29, 0.717) is 23.2 Å². The fourth-order valence-electron chi connectivity index (χ4n) is 5.67. The molecule has 240 valence electrons. The van der Waals surface area contributed by atoms with Gasteiger partial charge in [0.15, 0.2) is 5.78 Å². The Balaban J connectivity index is 1.59. The molecule has 2 aromatic rings. The summed E-state index contributed by atoms with van der Waals surface area (Å²) in [6.07, 6.45) is 7.51. The lowest BCUT2D eigenvalue weighted by Crippen LogP contribution is -2.60. The molecule has 2 fully saturated rings. The summed E-state index contributed by atoms with van der Waals surface area (Å²) in [5.41, 5.74) is -1.19. The van der Waals surface area contributed by atoms with Gasteiger partial charge in [0, 0.05) is 36.6 Å². The van der Waals surface area contributed by atoms with Crippen molar-refractivity contribution in [2.45, 2.75) is 104 Å². The van der Waals surface area contributed by atoms with Crippen LogP contribution in [0.1, 0.15) is 90.8 Å². The second-order valence-corrected chi connectivity index (χ2v) is 14.5. The maximum atomic E-state index is 14.2. The summed E-state index contributed by atoms with van der Waals surface area (Å²) in [4.78, 5) is 64.3. The molecule has 1 saturated heterocycles. The Kier molecular flexibility index (Phi) is 10.4. The Labute approximate surface area is 263 Å². The molecule has 4 rings (SSSR count). The van der Waals surface area contributed by atoms with Crippen molar-refractivity contribution in [3.63, 3.8) is 0 Å². The Morgan fingerprint density at radius 3 is 2.39 bits per heavy atom. The Bertz CT molecular complexity index is 1310. The van der Waals surface area contributed by atoms with Crippen LogP contribution in [0.2, 0.25) is 5.02 Å². The monoisotopic (exact) mass is 629 g/mol. The Morgan fingerprint density at radius 1 is 1.11 bits per heavy atom. The number of amides is 3. The second kappa shape index (κ2) is 13.7. The Morgan fingerprint density at radius 2 is 1.84 bits per heavy atom. The van der Waals surface area contributed by atoms with E-state index in [0.717, 1.165) is 19.3 Å². The smallest absolute Gasteiger partial charge is 0.315 e. The van der Waals surface area contributed by atoms with Crippen LogP contribution in [0, 0.1) is 17.3 Å². The molecule has 11 nitrogen and oxygen atoms in total. The number of ether oxygens (including phenoxy) is 1. The van der Waals surface area contributed by atoms with Gasteiger partial charge in [-0.1, -0.05) is 51.6 Å². The molecule has 1 unspecified atom stereocenters. The van der Waals surface area contributed by atoms with Gasteiger partial charge in [0.2, 0.25) is 17.6 Å². The zero-order valence-corrected chi connectivity index (χ0v) is 27.1. The first kappa shape index (κ1) is 33.4. The van der Waals surface area contributed by atoms with E-state index in [9.17, 15) is 19.2 Å². The molecule has 2 aromatic heterocycles. The molecule has 0 bridgehead atoms. The third-order valence-corrected chi connectivity index (χ3v) is 8.31. The minimum Gasteiger partial charge on any atom is -0.472 e. The molecule has 12 heteroatoms. The van der Waals surface area contributed by atoms with E-state index in [2.05, 4.69) is 20.6 Å². The molecule has 1 aliphatic heterocycles. The fourth-order valence-corrected chi connectivity index (χ4v) is 5.78. The average molecular weight is 630 g/mol. The predicted molar refractivity (Wildman–Crippen MR) is 164 cm³/mol. The van der Waals surface area contributed by atoms with Crippen LogP contribution in [-0.2, 0) is 9.59 Å². The van der Waals surface area contributed by atoms with E-state index >= 15 is 0 Å². The standard InChI is InChI=1S/C32H44ClN5O6/c1-31(2,3)27(36-30(42)37-32(4,5)6)29(41)38-18-22(44-25-11-10-21(33)17-35-25)16-23(38)24(39)15-20(14-19-8-7-9-19)26(40)28-34-12-13-43-28/h10-13,17,19-20,22-23,27H,7-9,14-16,18H2,1-6H3,(H2,36,37,42)/t20?,22-,23+,27-/m1/s1. The maximum absolute atomic E-state index is 14.2. The van der Waals surface area contributed by atoms with Gasteiger partial charge in [-0.15, -0.1) is 0 Å².